The molecule has 0 aliphatic heterocycles. The van der Waals surface area contributed by atoms with Crippen LogP contribution in [0.1, 0.15) is 25.1 Å². The molecule has 3 heterocycles. The highest BCUT2D eigenvalue weighted by Crippen LogP contribution is 2.27. The summed E-state index contributed by atoms with van der Waals surface area (Å²) in [5.41, 5.74) is 7.54. The third kappa shape index (κ3) is 3.31. The molecule has 0 spiro atoms. The number of amides is 1. The van der Waals surface area contributed by atoms with Crippen LogP contribution in [-0.2, 0) is 10.4 Å². The molecule has 0 unspecified atom stereocenters. The van der Waals surface area contributed by atoms with Crippen molar-refractivity contribution in [3.8, 4) is 17.2 Å². The first kappa shape index (κ1) is 17.3. The van der Waals surface area contributed by atoms with Crippen LogP contribution in [0.15, 0.2) is 42.4 Å². The number of nitriles is 1. The van der Waals surface area contributed by atoms with E-state index in [1.54, 1.807) is 44.6 Å². The van der Waals surface area contributed by atoms with Crippen LogP contribution in [0.25, 0.3) is 28.2 Å². The lowest BCUT2D eigenvalue weighted by molar-refractivity contribution is -0.114. The number of aromatic amines is 1. The Morgan fingerprint density at radius 3 is 2.62 bits per heavy atom. The Morgan fingerprint density at radius 2 is 2.04 bits per heavy atom. The maximum atomic E-state index is 11.3. The maximum Gasteiger partial charge on any atom is 0.259 e. The zero-order chi connectivity index (χ0) is 18.9. The number of aromatic nitrogens is 3. The van der Waals surface area contributed by atoms with Crippen LogP contribution >= 0.6 is 0 Å². The molecule has 130 valence electrons. The van der Waals surface area contributed by atoms with Crippen molar-refractivity contribution >= 4 is 23.0 Å². The van der Waals surface area contributed by atoms with Gasteiger partial charge in [-0.1, -0.05) is 6.07 Å². The smallest absolute Gasteiger partial charge is 0.259 e. The zero-order valence-corrected chi connectivity index (χ0v) is 14.3. The molecule has 0 bridgehead atoms. The molecule has 26 heavy (non-hydrogen) atoms. The summed E-state index contributed by atoms with van der Waals surface area (Å²) < 4.78 is 0. The standard InChI is InChI=1S/C19H17N5O2/c1-19(2,26)16-4-3-11(8-22-16)13-6-15-14(5-12(7-20)17(21)25)10-24-18(15)23-9-13/h3-6,8-10,26H,1-2H3,(H2,21,25)(H,23,24). The highest BCUT2D eigenvalue weighted by Gasteiger charge is 2.17. The highest BCUT2D eigenvalue weighted by atomic mass is 16.3. The summed E-state index contributed by atoms with van der Waals surface area (Å²) in [4.78, 5) is 22.9. The Balaban J connectivity index is 2.06. The fourth-order valence-electron chi connectivity index (χ4n) is 2.54. The molecule has 1 amide bonds. The SMILES string of the molecule is CC(C)(O)c1ccc(-c2cnc3[nH]cc(C=C(C#N)C(N)=O)c3c2)cn1. The first-order valence-corrected chi connectivity index (χ1v) is 7.87. The van der Waals surface area contributed by atoms with E-state index in [9.17, 15) is 9.90 Å². The molecule has 3 aromatic rings. The largest absolute Gasteiger partial charge is 0.384 e. The van der Waals surface area contributed by atoms with Gasteiger partial charge in [-0.2, -0.15) is 5.26 Å². The summed E-state index contributed by atoms with van der Waals surface area (Å²) in [5, 5.41) is 19.8. The minimum Gasteiger partial charge on any atom is -0.384 e. The summed E-state index contributed by atoms with van der Waals surface area (Å²) >= 11 is 0. The van der Waals surface area contributed by atoms with Gasteiger partial charge in [0.1, 0.15) is 22.9 Å². The highest BCUT2D eigenvalue weighted by molar-refractivity contribution is 6.03. The van der Waals surface area contributed by atoms with E-state index >= 15 is 0 Å². The monoisotopic (exact) mass is 347 g/mol. The van der Waals surface area contributed by atoms with Crippen molar-refractivity contribution in [1.82, 2.24) is 15.0 Å². The number of nitrogens with zero attached hydrogens (tertiary/aromatic N) is 3. The summed E-state index contributed by atoms with van der Waals surface area (Å²) in [6.45, 7) is 3.35. The topological polar surface area (TPSA) is 129 Å². The zero-order valence-electron chi connectivity index (χ0n) is 14.3. The first-order chi connectivity index (χ1) is 12.3. The van der Waals surface area contributed by atoms with Crippen LogP contribution in [0, 0.1) is 11.3 Å². The fourth-order valence-corrected chi connectivity index (χ4v) is 2.54. The van der Waals surface area contributed by atoms with Crippen molar-refractivity contribution in [3.63, 3.8) is 0 Å². The number of carbonyl (C=O) groups excluding carboxylic acids is 1. The lowest BCUT2D eigenvalue weighted by atomic mass is 10.0. The van der Waals surface area contributed by atoms with Gasteiger partial charge in [-0.05, 0) is 32.1 Å². The lowest BCUT2D eigenvalue weighted by Gasteiger charge is -2.16. The van der Waals surface area contributed by atoms with E-state index in [-0.39, 0.29) is 5.57 Å². The molecule has 0 fully saturated rings. The second-order valence-corrected chi connectivity index (χ2v) is 6.39. The first-order valence-electron chi connectivity index (χ1n) is 7.87. The number of hydrogen-bond donors (Lipinski definition) is 3. The van der Waals surface area contributed by atoms with Crippen molar-refractivity contribution in [2.24, 2.45) is 5.73 Å². The van der Waals surface area contributed by atoms with Gasteiger partial charge in [-0.3, -0.25) is 9.78 Å². The van der Waals surface area contributed by atoms with E-state index in [0.29, 0.717) is 16.9 Å². The molecular formula is C19H17N5O2. The van der Waals surface area contributed by atoms with E-state index in [2.05, 4.69) is 15.0 Å². The number of nitrogens with two attached hydrogens (primary N) is 1. The molecule has 3 rings (SSSR count). The van der Waals surface area contributed by atoms with Crippen molar-refractivity contribution in [1.29, 1.82) is 5.26 Å². The van der Waals surface area contributed by atoms with Crippen molar-refractivity contribution < 1.29 is 9.90 Å². The van der Waals surface area contributed by atoms with Crippen molar-refractivity contribution in [2.75, 3.05) is 0 Å². The van der Waals surface area contributed by atoms with Crippen molar-refractivity contribution in [3.05, 3.63) is 53.6 Å². The van der Waals surface area contributed by atoms with Crippen LogP contribution in [0.2, 0.25) is 0 Å². The molecule has 0 saturated heterocycles. The Bertz CT molecular complexity index is 1050. The van der Waals surface area contributed by atoms with E-state index in [0.717, 1.165) is 16.5 Å². The Labute approximate surface area is 149 Å². The van der Waals surface area contributed by atoms with Gasteiger partial charge in [0.15, 0.2) is 0 Å². The molecule has 7 heteroatoms. The predicted molar refractivity (Wildman–Crippen MR) is 97.4 cm³/mol. The third-order valence-corrected chi connectivity index (χ3v) is 3.97. The molecule has 0 aromatic carbocycles. The summed E-state index contributed by atoms with van der Waals surface area (Å²) in [6.07, 6.45) is 6.47. The van der Waals surface area contributed by atoms with Crippen LogP contribution in [0.3, 0.4) is 0 Å². The van der Waals surface area contributed by atoms with E-state index in [1.165, 1.54) is 6.08 Å². The van der Waals surface area contributed by atoms with Crippen LogP contribution in [0.4, 0.5) is 0 Å². The predicted octanol–water partition coefficient (Wildman–Crippen LogP) is 2.24. The van der Waals surface area contributed by atoms with Gasteiger partial charge in [-0.15, -0.1) is 0 Å². The molecular weight excluding hydrogens is 330 g/mol. The van der Waals surface area contributed by atoms with Gasteiger partial charge < -0.3 is 15.8 Å². The average Bonchev–Trinajstić information content (AvgIpc) is 3.00. The van der Waals surface area contributed by atoms with Crippen molar-refractivity contribution in [2.45, 2.75) is 19.4 Å². The fraction of sp³-hybridized carbons (Fsp3) is 0.158. The van der Waals surface area contributed by atoms with Crippen LogP contribution < -0.4 is 5.73 Å². The number of nitrogens with one attached hydrogen (secondary N) is 1. The summed E-state index contributed by atoms with van der Waals surface area (Å²) in [6, 6.07) is 7.30. The molecule has 0 atom stereocenters. The summed E-state index contributed by atoms with van der Waals surface area (Å²) in [7, 11) is 0. The maximum absolute atomic E-state index is 11.3. The lowest BCUT2D eigenvalue weighted by Crippen LogP contribution is -2.17. The number of H-pyrrole nitrogens is 1. The molecule has 0 saturated carbocycles. The molecule has 3 aromatic heterocycles. The number of primary amides is 1. The minimum absolute atomic E-state index is 0.132. The normalized spacial score (nSPS) is 12.2. The van der Waals surface area contributed by atoms with Gasteiger partial charge in [0.05, 0.1) is 5.69 Å². The Kier molecular flexibility index (Phi) is 4.28. The summed E-state index contributed by atoms with van der Waals surface area (Å²) in [5.74, 6) is -0.780. The van der Waals surface area contributed by atoms with Crippen LogP contribution in [-0.4, -0.2) is 26.0 Å². The number of carbonyl (C=O) groups is 1. The second kappa shape index (κ2) is 6.43. The molecule has 0 radical (unpaired) electrons. The molecule has 0 aliphatic rings. The molecule has 7 nitrogen and oxygen atoms in total. The number of hydrogen-bond acceptors (Lipinski definition) is 5. The number of aliphatic hydroxyl groups is 1. The second-order valence-electron chi connectivity index (χ2n) is 6.39. The van der Waals surface area contributed by atoms with Gasteiger partial charge in [0.25, 0.3) is 5.91 Å². The Hall–Kier alpha value is -3.50. The molecule has 0 aliphatic carbocycles. The van der Waals surface area contributed by atoms with Gasteiger partial charge in [0.2, 0.25) is 0 Å². The third-order valence-electron chi connectivity index (χ3n) is 3.97. The van der Waals surface area contributed by atoms with E-state index < -0.39 is 11.5 Å². The van der Waals surface area contributed by atoms with Gasteiger partial charge in [0, 0.05) is 40.7 Å². The van der Waals surface area contributed by atoms with E-state index in [4.69, 9.17) is 11.0 Å². The molecule has 4 N–H and O–H groups in total. The minimum atomic E-state index is -1.01. The number of rotatable bonds is 4. The van der Waals surface area contributed by atoms with Gasteiger partial charge in [-0.25, -0.2) is 4.98 Å². The number of fused-ring (bicyclic) bond motifs is 1. The van der Waals surface area contributed by atoms with Crippen LogP contribution in [0.5, 0.6) is 0 Å². The Morgan fingerprint density at radius 1 is 1.31 bits per heavy atom. The van der Waals surface area contributed by atoms with Gasteiger partial charge >= 0.3 is 0 Å². The average molecular weight is 347 g/mol. The number of pyridine rings is 2. The quantitative estimate of drug-likeness (QED) is 0.492. The van der Waals surface area contributed by atoms with E-state index in [1.807, 2.05) is 12.1 Å².